The van der Waals surface area contributed by atoms with Gasteiger partial charge in [-0.3, -0.25) is 9.78 Å². The Morgan fingerprint density at radius 1 is 1.11 bits per heavy atom. The Morgan fingerprint density at radius 3 is 2.56 bits per heavy atom. The first kappa shape index (κ1) is 18.6. The molecular formula is C22H23N3O2. The number of hydrogen-bond acceptors (Lipinski definition) is 4. The molecule has 0 aliphatic carbocycles. The quantitative estimate of drug-likeness (QED) is 0.627. The molecule has 0 radical (unpaired) electrons. The summed E-state index contributed by atoms with van der Waals surface area (Å²) in [6.07, 6.45) is 4.86. The number of nitrogens with zero attached hydrogens (tertiary/aromatic N) is 3. The van der Waals surface area contributed by atoms with Gasteiger partial charge in [-0.1, -0.05) is 18.2 Å². The van der Waals surface area contributed by atoms with Crippen LogP contribution in [0.5, 0.6) is 5.75 Å². The lowest BCUT2D eigenvalue weighted by Gasteiger charge is -2.16. The Hall–Kier alpha value is -3.21. The second kappa shape index (κ2) is 8.45. The third kappa shape index (κ3) is 5.14. The number of aromatic nitrogens is 2. The van der Waals surface area contributed by atoms with Crippen molar-refractivity contribution in [2.24, 2.45) is 0 Å². The minimum Gasteiger partial charge on any atom is -0.492 e. The van der Waals surface area contributed by atoms with Gasteiger partial charge in [-0.25, -0.2) is 4.98 Å². The Kier molecular flexibility index (Phi) is 5.81. The van der Waals surface area contributed by atoms with Gasteiger partial charge in [0.15, 0.2) is 0 Å². The first-order valence-electron chi connectivity index (χ1n) is 8.87. The first-order valence-corrected chi connectivity index (χ1v) is 8.87. The molecule has 2 aromatic carbocycles. The van der Waals surface area contributed by atoms with Crippen molar-refractivity contribution in [1.82, 2.24) is 14.9 Å². The smallest absolute Gasteiger partial charge is 0.246 e. The number of likely N-dealkylation sites (N-methyl/N-ethyl adjacent to an activating group) is 1. The molecule has 0 fully saturated rings. The molecule has 0 atom stereocenters. The second-order valence-corrected chi connectivity index (χ2v) is 6.55. The summed E-state index contributed by atoms with van der Waals surface area (Å²) >= 11 is 0. The maximum Gasteiger partial charge on any atom is 0.246 e. The van der Waals surface area contributed by atoms with Crippen LogP contribution < -0.4 is 4.74 Å². The highest BCUT2D eigenvalue weighted by atomic mass is 16.5. The molecule has 3 aromatic rings. The van der Waals surface area contributed by atoms with Gasteiger partial charge < -0.3 is 9.64 Å². The van der Waals surface area contributed by atoms with E-state index in [1.54, 1.807) is 24.2 Å². The summed E-state index contributed by atoms with van der Waals surface area (Å²) in [5.74, 6) is 0.726. The van der Waals surface area contributed by atoms with Gasteiger partial charge in [0.2, 0.25) is 5.91 Å². The number of carbonyl (C=O) groups is 1. The van der Waals surface area contributed by atoms with E-state index in [2.05, 4.69) is 16.0 Å². The van der Waals surface area contributed by atoms with Crippen LogP contribution in [-0.4, -0.2) is 41.0 Å². The van der Waals surface area contributed by atoms with Crippen LogP contribution in [0.4, 0.5) is 0 Å². The Labute approximate surface area is 159 Å². The molecule has 5 heteroatoms. The zero-order valence-corrected chi connectivity index (χ0v) is 15.8. The molecule has 27 heavy (non-hydrogen) atoms. The van der Waals surface area contributed by atoms with Gasteiger partial charge in [0, 0.05) is 13.1 Å². The Bertz CT molecular complexity index is 962. The van der Waals surface area contributed by atoms with Crippen LogP contribution >= 0.6 is 0 Å². The molecule has 1 heterocycles. The Balaban J connectivity index is 1.54. The molecule has 138 valence electrons. The minimum absolute atomic E-state index is 0.103. The molecule has 5 nitrogen and oxygen atoms in total. The standard InChI is InChI=1S/C22H23N3O2/c1-16-12-17(2)14-19(13-16)27-11-10-25(3)22(26)9-8-18-15-23-20-6-4-5-7-21(20)24-18/h4-9,12-15H,10-11H2,1-3H3/b9-8+. The number of aryl methyl sites for hydroxylation is 2. The average Bonchev–Trinajstić information content (AvgIpc) is 2.65. The summed E-state index contributed by atoms with van der Waals surface area (Å²) in [4.78, 5) is 22.7. The van der Waals surface area contributed by atoms with Crippen molar-refractivity contribution in [2.75, 3.05) is 20.2 Å². The summed E-state index contributed by atoms with van der Waals surface area (Å²) in [5, 5.41) is 0. The Morgan fingerprint density at radius 2 is 1.81 bits per heavy atom. The van der Waals surface area contributed by atoms with Crippen LogP contribution in [0.1, 0.15) is 16.8 Å². The molecular weight excluding hydrogens is 338 g/mol. The average molecular weight is 361 g/mol. The summed E-state index contributed by atoms with van der Waals surface area (Å²) in [7, 11) is 1.75. The fourth-order valence-electron chi connectivity index (χ4n) is 2.76. The van der Waals surface area contributed by atoms with E-state index in [-0.39, 0.29) is 5.91 Å². The zero-order chi connectivity index (χ0) is 19.2. The highest BCUT2D eigenvalue weighted by Crippen LogP contribution is 2.16. The lowest BCUT2D eigenvalue weighted by atomic mass is 10.1. The molecule has 0 saturated carbocycles. The normalized spacial score (nSPS) is 11.1. The van der Waals surface area contributed by atoms with Crippen molar-refractivity contribution in [2.45, 2.75) is 13.8 Å². The van der Waals surface area contributed by atoms with E-state index in [0.717, 1.165) is 27.9 Å². The maximum absolute atomic E-state index is 12.3. The zero-order valence-electron chi connectivity index (χ0n) is 15.8. The van der Waals surface area contributed by atoms with Gasteiger partial charge in [-0.05, 0) is 55.3 Å². The largest absolute Gasteiger partial charge is 0.492 e. The first-order chi connectivity index (χ1) is 13.0. The van der Waals surface area contributed by atoms with Gasteiger partial charge in [-0.15, -0.1) is 0 Å². The number of hydrogen-bond donors (Lipinski definition) is 0. The number of ether oxygens (including phenoxy) is 1. The summed E-state index contributed by atoms with van der Waals surface area (Å²) in [6.45, 7) is 5.01. The van der Waals surface area contributed by atoms with Crippen LogP contribution in [0.2, 0.25) is 0 Å². The maximum atomic E-state index is 12.3. The fraction of sp³-hybridized carbons (Fsp3) is 0.227. The molecule has 1 amide bonds. The molecule has 0 unspecified atom stereocenters. The van der Waals surface area contributed by atoms with E-state index in [4.69, 9.17) is 4.74 Å². The van der Waals surface area contributed by atoms with E-state index in [1.165, 1.54) is 6.08 Å². The fourth-order valence-corrected chi connectivity index (χ4v) is 2.76. The van der Waals surface area contributed by atoms with Crippen molar-refractivity contribution in [1.29, 1.82) is 0 Å². The van der Waals surface area contributed by atoms with Gasteiger partial charge in [-0.2, -0.15) is 0 Å². The number of para-hydroxylation sites is 2. The number of carbonyl (C=O) groups excluding carboxylic acids is 1. The second-order valence-electron chi connectivity index (χ2n) is 6.55. The van der Waals surface area contributed by atoms with Gasteiger partial charge >= 0.3 is 0 Å². The van der Waals surface area contributed by atoms with Crippen molar-refractivity contribution in [3.05, 3.63) is 71.6 Å². The SMILES string of the molecule is Cc1cc(C)cc(OCCN(C)C(=O)/C=C/c2cnc3ccccc3n2)c1. The monoisotopic (exact) mass is 361 g/mol. The van der Waals surface area contributed by atoms with E-state index in [0.29, 0.717) is 18.8 Å². The number of amides is 1. The third-order valence-electron chi connectivity index (χ3n) is 4.13. The summed E-state index contributed by atoms with van der Waals surface area (Å²) in [6, 6.07) is 13.7. The van der Waals surface area contributed by atoms with E-state index in [1.807, 2.05) is 50.2 Å². The summed E-state index contributed by atoms with van der Waals surface area (Å²) < 4.78 is 5.76. The molecule has 3 rings (SSSR count). The molecule has 0 saturated heterocycles. The molecule has 0 bridgehead atoms. The topological polar surface area (TPSA) is 55.3 Å². The van der Waals surface area contributed by atoms with Crippen molar-refractivity contribution >= 4 is 23.0 Å². The number of benzene rings is 2. The van der Waals surface area contributed by atoms with Crippen LogP contribution in [0.3, 0.4) is 0 Å². The van der Waals surface area contributed by atoms with Gasteiger partial charge in [0.25, 0.3) is 0 Å². The highest BCUT2D eigenvalue weighted by molar-refractivity contribution is 5.91. The summed E-state index contributed by atoms with van der Waals surface area (Å²) in [5.41, 5.74) is 4.62. The predicted molar refractivity (Wildman–Crippen MR) is 108 cm³/mol. The van der Waals surface area contributed by atoms with Gasteiger partial charge in [0.05, 0.1) is 29.5 Å². The lowest BCUT2D eigenvalue weighted by molar-refractivity contribution is -0.125. The van der Waals surface area contributed by atoms with Gasteiger partial charge in [0.1, 0.15) is 12.4 Å². The third-order valence-corrected chi connectivity index (χ3v) is 4.13. The van der Waals surface area contributed by atoms with Crippen LogP contribution in [-0.2, 0) is 4.79 Å². The molecule has 0 aliphatic rings. The van der Waals surface area contributed by atoms with Crippen LogP contribution in [0.25, 0.3) is 17.1 Å². The minimum atomic E-state index is -0.103. The van der Waals surface area contributed by atoms with Crippen LogP contribution in [0, 0.1) is 13.8 Å². The lowest BCUT2D eigenvalue weighted by Crippen LogP contribution is -2.29. The predicted octanol–water partition coefficient (Wildman–Crippen LogP) is 3.80. The molecule has 0 spiro atoms. The van der Waals surface area contributed by atoms with Crippen LogP contribution in [0.15, 0.2) is 54.7 Å². The molecule has 0 aliphatic heterocycles. The molecule has 0 N–H and O–H groups in total. The van der Waals surface area contributed by atoms with Crippen molar-refractivity contribution in [3.63, 3.8) is 0 Å². The number of fused-ring (bicyclic) bond motifs is 1. The van der Waals surface area contributed by atoms with Crippen molar-refractivity contribution in [3.8, 4) is 5.75 Å². The van der Waals surface area contributed by atoms with E-state index in [9.17, 15) is 4.79 Å². The van der Waals surface area contributed by atoms with Crippen molar-refractivity contribution < 1.29 is 9.53 Å². The molecule has 1 aromatic heterocycles. The van der Waals surface area contributed by atoms with E-state index < -0.39 is 0 Å². The van der Waals surface area contributed by atoms with E-state index >= 15 is 0 Å². The number of rotatable bonds is 6. The highest BCUT2D eigenvalue weighted by Gasteiger charge is 2.06.